The zero-order valence-electron chi connectivity index (χ0n) is 9.73. The highest BCUT2D eigenvalue weighted by molar-refractivity contribution is 9.10. The number of furan rings is 1. The third kappa shape index (κ3) is 2.28. The second-order valence-electron chi connectivity index (χ2n) is 4.33. The third-order valence-electron chi connectivity index (χ3n) is 3.14. The minimum atomic E-state index is -0.118. The molecule has 1 N–H and O–H groups in total. The van der Waals surface area contributed by atoms with Crippen LogP contribution in [0.1, 0.15) is 11.6 Å². The lowest BCUT2D eigenvalue weighted by molar-refractivity contribution is 0.246. The largest absolute Gasteiger partial charge is 0.453 e. The smallest absolute Gasteiger partial charge is 0.343 e. The topological polar surface area (TPSA) is 67.1 Å². The van der Waals surface area contributed by atoms with E-state index < -0.39 is 0 Å². The molecule has 0 aromatic carbocycles. The summed E-state index contributed by atoms with van der Waals surface area (Å²) in [5.74, 6) is 1.76. The van der Waals surface area contributed by atoms with Gasteiger partial charge in [0.05, 0.1) is 6.54 Å². The Labute approximate surface area is 112 Å². The lowest BCUT2D eigenvalue weighted by atomic mass is 10.3. The van der Waals surface area contributed by atoms with Crippen molar-refractivity contribution in [3.63, 3.8) is 0 Å². The predicted octanol–water partition coefficient (Wildman–Crippen LogP) is 0.985. The summed E-state index contributed by atoms with van der Waals surface area (Å²) in [5, 5.41) is 6.52. The van der Waals surface area contributed by atoms with Crippen LogP contribution in [0.25, 0.3) is 0 Å². The van der Waals surface area contributed by atoms with E-state index in [4.69, 9.17) is 4.42 Å². The Morgan fingerprint density at radius 3 is 3.06 bits per heavy atom. The Balaban J connectivity index is 1.70. The fourth-order valence-electron chi connectivity index (χ4n) is 2.20. The Bertz CT molecular complexity index is 600. The van der Waals surface area contributed by atoms with Crippen molar-refractivity contribution in [3.8, 4) is 0 Å². The number of aromatic nitrogens is 3. The van der Waals surface area contributed by atoms with E-state index in [1.807, 2.05) is 12.1 Å². The van der Waals surface area contributed by atoms with Crippen molar-refractivity contribution in [1.82, 2.24) is 19.7 Å². The van der Waals surface area contributed by atoms with Crippen molar-refractivity contribution < 1.29 is 4.42 Å². The Kier molecular flexibility index (Phi) is 3.09. The van der Waals surface area contributed by atoms with Crippen molar-refractivity contribution in [1.29, 1.82) is 0 Å². The van der Waals surface area contributed by atoms with Crippen molar-refractivity contribution >= 4 is 15.9 Å². The number of nitrogens with zero attached hydrogens (tertiary/aromatic N) is 3. The molecule has 1 aliphatic heterocycles. The maximum Gasteiger partial charge on any atom is 0.343 e. The quantitative estimate of drug-likeness (QED) is 0.898. The normalized spacial score (nSPS) is 16.5. The highest BCUT2D eigenvalue weighted by Gasteiger charge is 2.17. The SMILES string of the molecule is O=c1[nH]nc2n1CCN(Cc1ccc(Br)o1)CC2. The molecule has 7 heteroatoms. The molecule has 0 amide bonds. The first kappa shape index (κ1) is 11.7. The summed E-state index contributed by atoms with van der Waals surface area (Å²) >= 11 is 3.29. The van der Waals surface area contributed by atoms with Crippen LogP contribution in [0.5, 0.6) is 0 Å². The number of aromatic amines is 1. The molecular formula is C11H13BrN4O2. The molecular weight excluding hydrogens is 300 g/mol. The molecule has 0 spiro atoms. The van der Waals surface area contributed by atoms with E-state index in [2.05, 4.69) is 31.0 Å². The van der Waals surface area contributed by atoms with E-state index in [9.17, 15) is 4.79 Å². The number of hydrogen-bond acceptors (Lipinski definition) is 4. The van der Waals surface area contributed by atoms with Crippen LogP contribution in [-0.2, 0) is 19.5 Å². The average Bonchev–Trinajstić information content (AvgIpc) is 2.84. The van der Waals surface area contributed by atoms with Gasteiger partial charge < -0.3 is 4.42 Å². The van der Waals surface area contributed by atoms with E-state index in [0.29, 0.717) is 6.54 Å². The third-order valence-corrected chi connectivity index (χ3v) is 3.56. The van der Waals surface area contributed by atoms with Crippen molar-refractivity contribution in [2.75, 3.05) is 13.1 Å². The van der Waals surface area contributed by atoms with Crippen LogP contribution in [0.15, 0.2) is 26.0 Å². The summed E-state index contributed by atoms with van der Waals surface area (Å²) in [6.07, 6.45) is 0.778. The Hall–Kier alpha value is -1.34. The standard InChI is InChI=1S/C11H13BrN4O2/c12-9-2-1-8(18-9)7-15-4-3-10-13-14-11(17)16(10)6-5-15/h1-2H,3-7H2,(H,14,17). The monoisotopic (exact) mass is 312 g/mol. The summed E-state index contributed by atoms with van der Waals surface area (Å²) in [5.41, 5.74) is -0.118. The first-order valence-electron chi connectivity index (χ1n) is 5.83. The highest BCUT2D eigenvalue weighted by Crippen LogP contribution is 2.16. The summed E-state index contributed by atoms with van der Waals surface area (Å²) in [4.78, 5) is 13.7. The number of H-pyrrole nitrogens is 1. The first-order chi connectivity index (χ1) is 8.72. The van der Waals surface area contributed by atoms with Gasteiger partial charge in [0.15, 0.2) is 4.67 Å². The second kappa shape index (κ2) is 4.74. The van der Waals surface area contributed by atoms with Gasteiger partial charge in [0.1, 0.15) is 11.6 Å². The fourth-order valence-corrected chi connectivity index (χ4v) is 2.54. The van der Waals surface area contributed by atoms with Crippen molar-refractivity contribution in [2.24, 2.45) is 0 Å². The number of halogens is 1. The van der Waals surface area contributed by atoms with Crippen molar-refractivity contribution in [3.05, 3.63) is 38.9 Å². The minimum Gasteiger partial charge on any atom is -0.453 e. The molecule has 6 nitrogen and oxygen atoms in total. The summed E-state index contributed by atoms with van der Waals surface area (Å²) in [6.45, 7) is 3.13. The molecule has 2 aromatic rings. The van der Waals surface area contributed by atoms with Gasteiger partial charge in [-0.3, -0.25) is 9.47 Å². The minimum absolute atomic E-state index is 0.118. The van der Waals surface area contributed by atoms with Crippen LogP contribution >= 0.6 is 15.9 Å². The van der Waals surface area contributed by atoms with E-state index in [-0.39, 0.29) is 5.69 Å². The lowest BCUT2D eigenvalue weighted by Crippen LogP contribution is -2.28. The van der Waals surface area contributed by atoms with Gasteiger partial charge >= 0.3 is 5.69 Å². The molecule has 1 aliphatic rings. The zero-order valence-corrected chi connectivity index (χ0v) is 11.3. The maximum absolute atomic E-state index is 11.5. The van der Waals surface area contributed by atoms with Gasteiger partial charge in [-0.25, -0.2) is 9.89 Å². The number of rotatable bonds is 2. The molecule has 18 heavy (non-hydrogen) atoms. The van der Waals surface area contributed by atoms with Crippen LogP contribution < -0.4 is 5.69 Å². The molecule has 0 bridgehead atoms. The maximum atomic E-state index is 11.5. The zero-order chi connectivity index (χ0) is 12.5. The van der Waals surface area contributed by atoms with Crippen LogP contribution in [-0.4, -0.2) is 32.8 Å². The van der Waals surface area contributed by atoms with Crippen molar-refractivity contribution in [2.45, 2.75) is 19.5 Å². The van der Waals surface area contributed by atoms with Crippen LogP contribution in [0.4, 0.5) is 0 Å². The van der Waals surface area contributed by atoms with Gasteiger partial charge in [0, 0.05) is 26.1 Å². The summed E-state index contributed by atoms with van der Waals surface area (Å²) < 4.78 is 7.95. The molecule has 0 atom stereocenters. The Morgan fingerprint density at radius 1 is 1.39 bits per heavy atom. The molecule has 0 saturated heterocycles. The molecule has 0 radical (unpaired) electrons. The number of nitrogens with one attached hydrogen (secondary N) is 1. The lowest BCUT2D eigenvalue weighted by Gasteiger charge is -2.17. The summed E-state index contributed by atoms with van der Waals surface area (Å²) in [6, 6.07) is 3.85. The van der Waals surface area contributed by atoms with Gasteiger partial charge in [-0.1, -0.05) is 0 Å². The van der Waals surface area contributed by atoms with E-state index in [1.54, 1.807) is 4.57 Å². The van der Waals surface area contributed by atoms with E-state index in [0.717, 1.165) is 42.3 Å². The molecule has 3 rings (SSSR count). The predicted molar refractivity (Wildman–Crippen MR) is 68.2 cm³/mol. The van der Waals surface area contributed by atoms with Gasteiger partial charge in [0.25, 0.3) is 0 Å². The van der Waals surface area contributed by atoms with E-state index in [1.165, 1.54) is 0 Å². The summed E-state index contributed by atoms with van der Waals surface area (Å²) in [7, 11) is 0. The van der Waals surface area contributed by atoms with Gasteiger partial charge in [0.2, 0.25) is 0 Å². The van der Waals surface area contributed by atoms with Gasteiger partial charge in [-0.05, 0) is 28.1 Å². The van der Waals surface area contributed by atoms with Crippen LogP contribution in [0, 0.1) is 0 Å². The average molecular weight is 313 g/mol. The second-order valence-corrected chi connectivity index (χ2v) is 5.11. The molecule has 3 heterocycles. The molecule has 96 valence electrons. The first-order valence-corrected chi connectivity index (χ1v) is 6.62. The molecule has 2 aromatic heterocycles. The Morgan fingerprint density at radius 2 is 2.28 bits per heavy atom. The van der Waals surface area contributed by atoms with Gasteiger partial charge in [-0.15, -0.1) is 0 Å². The highest BCUT2D eigenvalue weighted by atomic mass is 79.9. The van der Waals surface area contributed by atoms with Gasteiger partial charge in [-0.2, -0.15) is 5.10 Å². The molecule has 0 fully saturated rings. The van der Waals surface area contributed by atoms with Crippen LogP contribution in [0.3, 0.4) is 0 Å². The number of hydrogen-bond donors (Lipinski definition) is 1. The molecule has 0 unspecified atom stereocenters. The van der Waals surface area contributed by atoms with Crippen LogP contribution in [0.2, 0.25) is 0 Å². The molecule has 0 saturated carbocycles. The number of fused-ring (bicyclic) bond motifs is 1. The van der Waals surface area contributed by atoms with E-state index >= 15 is 0 Å². The fraction of sp³-hybridized carbons (Fsp3) is 0.455. The molecule has 0 aliphatic carbocycles.